The summed E-state index contributed by atoms with van der Waals surface area (Å²) < 4.78 is 5.49. The van der Waals surface area contributed by atoms with Gasteiger partial charge in [-0.2, -0.15) is 0 Å². The number of aromatic nitrogens is 1. The van der Waals surface area contributed by atoms with Gasteiger partial charge in [-0.3, -0.25) is 9.69 Å². The first-order valence-electron chi connectivity index (χ1n) is 9.18. The average molecular weight is 340 g/mol. The van der Waals surface area contributed by atoms with Gasteiger partial charge < -0.3 is 9.72 Å². The molecule has 1 aromatic heterocycles. The molecule has 0 spiro atoms. The third kappa shape index (κ3) is 4.73. The first-order valence-corrected chi connectivity index (χ1v) is 9.18. The molecule has 1 aliphatic rings. The van der Waals surface area contributed by atoms with Crippen LogP contribution in [0.4, 0.5) is 0 Å². The molecule has 2 heterocycles. The SMILES string of the molecule is COc1ccc(C)cc1CCC1CCN(Cc2ccc[nH]c2=O)CC1. The minimum absolute atomic E-state index is 0.0381. The van der Waals surface area contributed by atoms with E-state index in [1.54, 1.807) is 13.3 Å². The summed E-state index contributed by atoms with van der Waals surface area (Å²) in [6, 6.07) is 10.3. The highest BCUT2D eigenvalue weighted by molar-refractivity contribution is 5.36. The van der Waals surface area contributed by atoms with Gasteiger partial charge in [-0.05, 0) is 69.3 Å². The van der Waals surface area contributed by atoms with E-state index >= 15 is 0 Å². The number of aryl methyl sites for hydroxylation is 2. The fourth-order valence-corrected chi connectivity index (χ4v) is 3.72. The zero-order valence-corrected chi connectivity index (χ0v) is 15.3. The molecule has 0 bridgehead atoms. The largest absolute Gasteiger partial charge is 0.496 e. The summed E-state index contributed by atoms with van der Waals surface area (Å²) in [4.78, 5) is 17.0. The van der Waals surface area contributed by atoms with Gasteiger partial charge in [0.05, 0.1) is 7.11 Å². The van der Waals surface area contributed by atoms with Gasteiger partial charge in [-0.1, -0.05) is 23.8 Å². The molecular formula is C21H28N2O2. The van der Waals surface area contributed by atoms with Crippen molar-refractivity contribution in [3.8, 4) is 5.75 Å². The minimum Gasteiger partial charge on any atom is -0.496 e. The van der Waals surface area contributed by atoms with Crippen molar-refractivity contribution < 1.29 is 4.74 Å². The third-order valence-corrected chi connectivity index (χ3v) is 5.26. The molecule has 0 saturated carbocycles. The van der Waals surface area contributed by atoms with E-state index in [4.69, 9.17) is 4.74 Å². The Morgan fingerprint density at radius 3 is 2.72 bits per heavy atom. The van der Waals surface area contributed by atoms with Gasteiger partial charge in [0.25, 0.3) is 5.56 Å². The Morgan fingerprint density at radius 2 is 2.00 bits per heavy atom. The standard InChI is InChI=1S/C21H28N2O2/c1-16-5-8-20(25-2)18(14-16)7-6-17-9-12-23(13-10-17)15-19-4-3-11-22-21(19)24/h3-5,8,11,14,17H,6-7,9-10,12-13,15H2,1-2H3,(H,22,24). The smallest absolute Gasteiger partial charge is 0.252 e. The predicted octanol–water partition coefficient (Wildman–Crippen LogP) is 3.54. The van der Waals surface area contributed by atoms with Crippen molar-refractivity contribution in [2.45, 2.75) is 39.2 Å². The molecular weight excluding hydrogens is 312 g/mol. The Balaban J connectivity index is 1.49. The van der Waals surface area contributed by atoms with E-state index in [2.05, 4.69) is 35.0 Å². The molecule has 0 atom stereocenters. The fraction of sp³-hybridized carbons (Fsp3) is 0.476. The van der Waals surface area contributed by atoms with E-state index in [1.165, 1.54) is 30.4 Å². The van der Waals surface area contributed by atoms with E-state index < -0.39 is 0 Å². The number of H-pyrrole nitrogens is 1. The molecule has 134 valence electrons. The zero-order chi connectivity index (χ0) is 17.6. The Kier molecular flexibility index (Phi) is 5.92. The van der Waals surface area contributed by atoms with Crippen molar-refractivity contribution in [3.63, 3.8) is 0 Å². The van der Waals surface area contributed by atoms with Gasteiger partial charge in [-0.15, -0.1) is 0 Å². The first kappa shape index (κ1) is 17.7. The van der Waals surface area contributed by atoms with Crippen LogP contribution in [0.5, 0.6) is 5.75 Å². The lowest BCUT2D eigenvalue weighted by atomic mass is 9.90. The molecule has 4 nitrogen and oxygen atoms in total. The summed E-state index contributed by atoms with van der Waals surface area (Å²) in [5.74, 6) is 1.77. The molecule has 1 N–H and O–H groups in total. The van der Waals surface area contributed by atoms with E-state index in [1.807, 2.05) is 12.1 Å². The number of nitrogens with one attached hydrogen (secondary N) is 1. The number of likely N-dealkylation sites (tertiary alicyclic amines) is 1. The summed E-state index contributed by atoms with van der Waals surface area (Å²) in [5.41, 5.74) is 3.51. The van der Waals surface area contributed by atoms with E-state index in [0.29, 0.717) is 0 Å². The van der Waals surface area contributed by atoms with Crippen LogP contribution in [0.2, 0.25) is 0 Å². The van der Waals surface area contributed by atoms with Gasteiger partial charge in [0.2, 0.25) is 0 Å². The normalized spacial score (nSPS) is 16.1. The Labute approximate surface area is 149 Å². The van der Waals surface area contributed by atoms with Crippen LogP contribution >= 0.6 is 0 Å². The lowest BCUT2D eigenvalue weighted by molar-refractivity contribution is 0.172. The summed E-state index contributed by atoms with van der Waals surface area (Å²) in [5, 5.41) is 0. The first-order chi connectivity index (χ1) is 12.2. The summed E-state index contributed by atoms with van der Waals surface area (Å²) in [7, 11) is 1.75. The molecule has 1 aliphatic heterocycles. The number of benzene rings is 1. The fourth-order valence-electron chi connectivity index (χ4n) is 3.72. The Hall–Kier alpha value is -2.07. The second-order valence-corrected chi connectivity index (χ2v) is 7.10. The zero-order valence-electron chi connectivity index (χ0n) is 15.3. The van der Waals surface area contributed by atoms with Crippen LogP contribution in [0.25, 0.3) is 0 Å². The molecule has 1 saturated heterocycles. The molecule has 0 amide bonds. The summed E-state index contributed by atoms with van der Waals surface area (Å²) >= 11 is 0. The maximum Gasteiger partial charge on any atom is 0.252 e. The monoisotopic (exact) mass is 340 g/mol. The van der Waals surface area contributed by atoms with Crippen molar-refractivity contribution in [3.05, 3.63) is 63.6 Å². The van der Waals surface area contributed by atoms with Crippen LogP contribution in [0.1, 0.15) is 36.0 Å². The van der Waals surface area contributed by atoms with E-state index in [9.17, 15) is 4.79 Å². The van der Waals surface area contributed by atoms with Gasteiger partial charge in [0.1, 0.15) is 5.75 Å². The second kappa shape index (κ2) is 8.34. The van der Waals surface area contributed by atoms with Crippen LogP contribution < -0.4 is 10.3 Å². The molecule has 4 heteroatoms. The van der Waals surface area contributed by atoms with Crippen molar-refractivity contribution in [1.82, 2.24) is 9.88 Å². The van der Waals surface area contributed by atoms with E-state index in [0.717, 1.165) is 43.3 Å². The highest BCUT2D eigenvalue weighted by atomic mass is 16.5. The van der Waals surface area contributed by atoms with Crippen LogP contribution in [-0.2, 0) is 13.0 Å². The highest BCUT2D eigenvalue weighted by Gasteiger charge is 2.20. The third-order valence-electron chi connectivity index (χ3n) is 5.26. The van der Waals surface area contributed by atoms with Gasteiger partial charge in [-0.25, -0.2) is 0 Å². The number of hydrogen-bond donors (Lipinski definition) is 1. The number of hydrogen-bond acceptors (Lipinski definition) is 3. The number of rotatable bonds is 6. The topological polar surface area (TPSA) is 45.3 Å². The Bertz CT molecular complexity index is 746. The average Bonchev–Trinajstić information content (AvgIpc) is 2.63. The number of methoxy groups -OCH3 is 1. The maximum absolute atomic E-state index is 11.8. The van der Waals surface area contributed by atoms with Crippen LogP contribution in [0.3, 0.4) is 0 Å². The molecule has 2 aromatic rings. The molecule has 0 radical (unpaired) electrons. The summed E-state index contributed by atoms with van der Waals surface area (Å²) in [6.45, 7) is 5.04. The minimum atomic E-state index is 0.0381. The number of ether oxygens (including phenoxy) is 1. The quantitative estimate of drug-likeness (QED) is 0.875. The number of aromatic amines is 1. The number of piperidine rings is 1. The van der Waals surface area contributed by atoms with Crippen molar-refractivity contribution >= 4 is 0 Å². The van der Waals surface area contributed by atoms with Gasteiger partial charge in [0.15, 0.2) is 0 Å². The van der Waals surface area contributed by atoms with Crippen LogP contribution in [0.15, 0.2) is 41.3 Å². The van der Waals surface area contributed by atoms with Crippen molar-refractivity contribution in [2.75, 3.05) is 20.2 Å². The van der Waals surface area contributed by atoms with Gasteiger partial charge in [0, 0.05) is 18.3 Å². The number of pyridine rings is 1. The maximum atomic E-state index is 11.8. The summed E-state index contributed by atoms with van der Waals surface area (Å²) in [6.07, 6.45) is 6.39. The molecule has 0 aliphatic carbocycles. The lowest BCUT2D eigenvalue weighted by Crippen LogP contribution is -2.35. The van der Waals surface area contributed by atoms with Crippen LogP contribution in [-0.4, -0.2) is 30.1 Å². The highest BCUT2D eigenvalue weighted by Crippen LogP contribution is 2.27. The molecule has 3 rings (SSSR count). The molecule has 25 heavy (non-hydrogen) atoms. The van der Waals surface area contributed by atoms with Crippen molar-refractivity contribution in [1.29, 1.82) is 0 Å². The van der Waals surface area contributed by atoms with Crippen LogP contribution in [0, 0.1) is 12.8 Å². The Morgan fingerprint density at radius 1 is 1.20 bits per heavy atom. The number of nitrogens with zero attached hydrogens (tertiary/aromatic N) is 1. The molecule has 1 fully saturated rings. The molecule has 1 aromatic carbocycles. The lowest BCUT2D eigenvalue weighted by Gasteiger charge is -2.31. The second-order valence-electron chi connectivity index (χ2n) is 7.10. The van der Waals surface area contributed by atoms with Gasteiger partial charge >= 0.3 is 0 Å². The molecule has 0 unspecified atom stereocenters. The predicted molar refractivity (Wildman–Crippen MR) is 101 cm³/mol. The van der Waals surface area contributed by atoms with E-state index in [-0.39, 0.29) is 5.56 Å². The van der Waals surface area contributed by atoms with Crippen molar-refractivity contribution in [2.24, 2.45) is 5.92 Å².